The third-order valence-electron chi connectivity index (χ3n) is 7.25. The van der Waals surface area contributed by atoms with Crippen LogP contribution < -0.4 is 4.74 Å². The lowest BCUT2D eigenvalue weighted by Crippen LogP contribution is -2.60. The van der Waals surface area contributed by atoms with Gasteiger partial charge in [-0.3, -0.25) is 4.90 Å². The number of ether oxygens (including phenoxy) is 2. The van der Waals surface area contributed by atoms with Gasteiger partial charge in [0.15, 0.2) is 21.4 Å². The molecule has 1 saturated heterocycles. The highest BCUT2D eigenvalue weighted by molar-refractivity contribution is 7.90. The molecule has 2 saturated carbocycles. The number of halogens is 1. The average molecular weight is 497 g/mol. The number of benzene rings is 1. The van der Waals surface area contributed by atoms with E-state index in [0.29, 0.717) is 25.1 Å². The smallest absolute Gasteiger partial charge is 0.410 e. The number of piperazine rings is 1. The van der Waals surface area contributed by atoms with E-state index in [2.05, 4.69) is 4.90 Å². The normalized spacial score (nSPS) is 25.3. The minimum Gasteiger partial charge on any atom is -0.490 e. The summed E-state index contributed by atoms with van der Waals surface area (Å²) in [5.74, 6) is -0.191. The SMILES string of the molecule is CC(C)(C)OC(=O)N1CCN(C2CCC(COc3ccc(S(C)(=O)=O)cc3F)CC2)C2(CC2)C1. The second-order valence-electron chi connectivity index (χ2n) is 11.2. The van der Waals surface area contributed by atoms with Crippen LogP contribution in [0.4, 0.5) is 9.18 Å². The van der Waals surface area contributed by atoms with Crippen molar-refractivity contribution in [2.75, 3.05) is 32.5 Å². The van der Waals surface area contributed by atoms with Gasteiger partial charge < -0.3 is 14.4 Å². The summed E-state index contributed by atoms with van der Waals surface area (Å²) in [6.45, 7) is 8.44. The summed E-state index contributed by atoms with van der Waals surface area (Å²) >= 11 is 0. The van der Waals surface area contributed by atoms with Crippen molar-refractivity contribution in [2.45, 2.75) is 81.4 Å². The molecular weight excluding hydrogens is 459 g/mol. The molecule has 0 aromatic heterocycles. The molecule has 1 spiro atoms. The fourth-order valence-electron chi connectivity index (χ4n) is 5.29. The zero-order chi connectivity index (χ0) is 24.7. The molecule has 1 amide bonds. The van der Waals surface area contributed by atoms with Gasteiger partial charge in [0, 0.05) is 37.5 Å². The van der Waals surface area contributed by atoms with Crippen LogP contribution in [0.5, 0.6) is 5.75 Å². The number of sulfone groups is 1. The van der Waals surface area contributed by atoms with Gasteiger partial charge in [0.2, 0.25) is 0 Å². The van der Waals surface area contributed by atoms with E-state index in [1.807, 2.05) is 25.7 Å². The van der Waals surface area contributed by atoms with Crippen LogP contribution in [-0.4, -0.2) is 74.0 Å². The van der Waals surface area contributed by atoms with Gasteiger partial charge in [-0.1, -0.05) is 0 Å². The maximum Gasteiger partial charge on any atom is 0.410 e. The third-order valence-corrected chi connectivity index (χ3v) is 8.36. The highest BCUT2D eigenvalue weighted by atomic mass is 32.2. The van der Waals surface area contributed by atoms with Crippen molar-refractivity contribution in [3.63, 3.8) is 0 Å². The minimum absolute atomic E-state index is 0.0429. The topological polar surface area (TPSA) is 76.2 Å². The van der Waals surface area contributed by atoms with Crippen LogP contribution in [0.2, 0.25) is 0 Å². The zero-order valence-electron chi connectivity index (χ0n) is 20.7. The highest BCUT2D eigenvalue weighted by Gasteiger charge is 2.54. The molecule has 1 aromatic rings. The van der Waals surface area contributed by atoms with Crippen LogP contribution in [0.25, 0.3) is 0 Å². The van der Waals surface area contributed by atoms with Crippen LogP contribution in [0, 0.1) is 11.7 Å². The van der Waals surface area contributed by atoms with Gasteiger partial charge in [0.05, 0.1) is 11.5 Å². The van der Waals surface area contributed by atoms with Gasteiger partial charge in [0.1, 0.15) is 5.60 Å². The second-order valence-corrected chi connectivity index (χ2v) is 13.2. The molecule has 0 atom stereocenters. The number of rotatable bonds is 5. The Kier molecular flexibility index (Phi) is 6.90. The summed E-state index contributed by atoms with van der Waals surface area (Å²) in [5.41, 5.74) is -0.377. The molecule has 1 aliphatic heterocycles. The molecule has 4 rings (SSSR count). The van der Waals surface area contributed by atoms with E-state index >= 15 is 0 Å². The number of carbonyl (C=O) groups is 1. The van der Waals surface area contributed by atoms with Crippen LogP contribution in [0.3, 0.4) is 0 Å². The van der Waals surface area contributed by atoms with Crippen LogP contribution in [0.15, 0.2) is 23.1 Å². The van der Waals surface area contributed by atoms with E-state index in [4.69, 9.17) is 9.47 Å². The van der Waals surface area contributed by atoms with E-state index in [1.165, 1.54) is 12.1 Å². The number of carbonyl (C=O) groups excluding carboxylic acids is 1. The van der Waals surface area contributed by atoms with Crippen molar-refractivity contribution < 1.29 is 27.1 Å². The van der Waals surface area contributed by atoms with E-state index in [0.717, 1.165) is 63.9 Å². The summed E-state index contributed by atoms with van der Waals surface area (Å²) in [4.78, 5) is 17.0. The highest BCUT2D eigenvalue weighted by Crippen LogP contribution is 2.47. The fraction of sp³-hybridized carbons (Fsp3) is 0.720. The van der Waals surface area contributed by atoms with Gasteiger partial charge in [-0.15, -0.1) is 0 Å². The number of nitrogens with zero attached hydrogens (tertiary/aromatic N) is 2. The van der Waals surface area contributed by atoms with Crippen molar-refractivity contribution in [2.24, 2.45) is 5.92 Å². The van der Waals surface area contributed by atoms with E-state index in [1.54, 1.807) is 0 Å². The molecule has 190 valence electrons. The molecule has 1 aromatic carbocycles. The van der Waals surface area contributed by atoms with Crippen LogP contribution in [-0.2, 0) is 14.6 Å². The summed E-state index contributed by atoms with van der Waals surface area (Å²) in [5, 5.41) is 0. The predicted molar refractivity (Wildman–Crippen MR) is 127 cm³/mol. The first-order valence-electron chi connectivity index (χ1n) is 12.2. The van der Waals surface area contributed by atoms with Gasteiger partial charge >= 0.3 is 6.09 Å². The van der Waals surface area contributed by atoms with Gasteiger partial charge in [-0.05, 0) is 83.4 Å². The molecular formula is C25H37FN2O5S. The first-order valence-corrected chi connectivity index (χ1v) is 14.1. The largest absolute Gasteiger partial charge is 0.490 e. The zero-order valence-corrected chi connectivity index (χ0v) is 21.5. The van der Waals surface area contributed by atoms with E-state index in [9.17, 15) is 17.6 Å². The quantitative estimate of drug-likeness (QED) is 0.607. The molecule has 0 unspecified atom stereocenters. The molecule has 0 radical (unpaired) electrons. The van der Waals surface area contributed by atoms with Gasteiger partial charge in [-0.2, -0.15) is 0 Å². The number of hydrogen-bond acceptors (Lipinski definition) is 6. The van der Waals surface area contributed by atoms with Crippen LogP contribution in [0.1, 0.15) is 59.3 Å². The maximum atomic E-state index is 14.3. The minimum atomic E-state index is -3.44. The Balaban J connectivity index is 1.26. The van der Waals surface area contributed by atoms with Gasteiger partial charge in [0.25, 0.3) is 0 Å². The van der Waals surface area contributed by atoms with Crippen molar-refractivity contribution in [3.05, 3.63) is 24.0 Å². The van der Waals surface area contributed by atoms with E-state index < -0.39 is 21.3 Å². The molecule has 3 aliphatic rings. The van der Waals surface area contributed by atoms with Gasteiger partial charge in [-0.25, -0.2) is 17.6 Å². The Morgan fingerprint density at radius 3 is 2.38 bits per heavy atom. The van der Waals surface area contributed by atoms with E-state index in [-0.39, 0.29) is 22.3 Å². The molecule has 34 heavy (non-hydrogen) atoms. The first-order chi connectivity index (χ1) is 15.9. The first kappa shape index (κ1) is 25.2. The Bertz CT molecular complexity index is 1010. The number of amides is 1. The fourth-order valence-corrected chi connectivity index (χ4v) is 5.93. The summed E-state index contributed by atoms with van der Waals surface area (Å²) in [6.07, 6.45) is 7.25. The van der Waals surface area contributed by atoms with Crippen molar-refractivity contribution in [3.8, 4) is 5.75 Å². The second kappa shape index (κ2) is 9.30. The molecule has 2 aliphatic carbocycles. The Morgan fingerprint density at radius 2 is 1.82 bits per heavy atom. The lowest BCUT2D eigenvalue weighted by Gasteiger charge is -2.47. The summed E-state index contributed by atoms with van der Waals surface area (Å²) in [6, 6.07) is 4.31. The maximum absolute atomic E-state index is 14.3. The molecule has 0 N–H and O–H groups in total. The van der Waals surface area contributed by atoms with Crippen molar-refractivity contribution in [1.82, 2.24) is 9.80 Å². The Labute approximate surface area is 202 Å². The lowest BCUT2D eigenvalue weighted by atomic mass is 9.84. The lowest BCUT2D eigenvalue weighted by molar-refractivity contribution is -0.0191. The molecule has 9 heteroatoms. The monoisotopic (exact) mass is 496 g/mol. The molecule has 1 heterocycles. The van der Waals surface area contributed by atoms with Crippen molar-refractivity contribution in [1.29, 1.82) is 0 Å². The average Bonchev–Trinajstić information content (AvgIpc) is 3.50. The summed E-state index contributed by atoms with van der Waals surface area (Å²) in [7, 11) is -3.44. The standard InChI is InChI=1S/C25H37FN2O5S/c1-24(2,3)33-23(29)27-13-14-28(25(17-27)11-12-25)19-7-5-18(6-8-19)16-32-22-10-9-20(15-21(22)26)34(4,30)31/h9-10,15,18-19H,5-8,11-14,16-17H2,1-4H3. The third kappa shape index (κ3) is 5.85. The summed E-state index contributed by atoms with van der Waals surface area (Å²) < 4.78 is 48.7. The number of hydrogen-bond donors (Lipinski definition) is 0. The predicted octanol–water partition coefficient (Wildman–Crippen LogP) is 4.25. The Hall–Kier alpha value is -1.87. The molecule has 3 fully saturated rings. The van der Waals surface area contributed by atoms with Crippen LogP contribution >= 0.6 is 0 Å². The Morgan fingerprint density at radius 1 is 1.15 bits per heavy atom. The van der Waals surface area contributed by atoms with Crippen molar-refractivity contribution >= 4 is 15.9 Å². The molecule has 7 nitrogen and oxygen atoms in total. The molecule has 0 bridgehead atoms.